The summed E-state index contributed by atoms with van der Waals surface area (Å²) in [6.45, 7) is 9.53. The number of epoxide rings is 1. The molecule has 5 atom stereocenters. The molecule has 5 unspecified atom stereocenters. The molecular weight excluding hydrogens is 745 g/mol. The van der Waals surface area contributed by atoms with Gasteiger partial charge in [0.05, 0.1) is 24.8 Å². The first-order valence-electron chi connectivity index (χ1n) is 19.8. The van der Waals surface area contributed by atoms with E-state index in [-0.39, 0.29) is 68.0 Å². The van der Waals surface area contributed by atoms with Crippen LogP contribution in [-0.2, 0) is 59.3 Å². The number of rotatable bonds is 22. The minimum Gasteiger partial charge on any atom is -0.441 e. The summed E-state index contributed by atoms with van der Waals surface area (Å²) in [5, 5.41) is 15.3. The molecule has 1 saturated heterocycles. The molecule has 58 heavy (non-hydrogen) atoms. The lowest BCUT2D eigenvalue weighted by molar-refractivity contribution is -0.135. The van der Waals surface area contributed by atoms with Gasteiger partial charge in [0.25, 0.3) is 0 Å². The zero-order chi connectivity index (χ0) is 42.4. The fraction of sp³-hybridized carbons (Fsp3) is 0.512. The van der Waals surface area contributed by atoms with Crippen LogP contribution >= 0.6 is 0 Å². The zero-order valence-electron chi connectivity index (χ0n) is 34.5. The van der Waals surface area contributed by atoms with E-state index in [2.05, 4.69) is 26.4 Å². The molecule has 1 fully saturated rings. The number of nitrogens with zero attached hydrogens (tertiary/aromatic N) is 2. The van der Waals surface area contributed by atoms with Crippen molar-refractivity contribution < 1.29 is 42.8 Å². The van der Waals surface area contributed by atoms with Crippen LogP contribution in [0.15, 0.2) is 71.3 Å². The highest BCUT2D eigenvalue weighted by Gasteiger charge is 2.50. The number of carbonyl (C=O) groups excluding carboxylic acids is 6. The summed E-state index contributed by atoms with van der Waals surface area (Å²) in [6, 6.07) is 16.2. The van der Waals surface area contributed by atoms with Crippen LogP contribution in [0.3, 0.4) is 0 Å². The van der Waals surface area contributed by atoms with Crippen molar-refractivity contribution in [3.8, 4) is 0 Å². The maximum atomic E-state index is 14.2. The Bertz CT molecular complexity index is 1840. The molecule has 0 saturated carbocycles. The third-order valence-electron chi connectivity index (χ3n) is 9.56. The molecule has 1 aliphatic rings. The Labute approximate surface area is 340 Å². The van der Waals surface area contributed by atoms with E-state index in [0.717, 1.165) is 11.1 Å². The summed E-state index contributed by atoms with van der Waals surface area (Å²) in [7, 11) is 3.09. The average molecular weight is 803 g/mol. The number of amides is 5. The largest absolute Gasteiger partial charge is 0.441 e. The summed E-state index contributed by atoms with van der Waals surface area (Å²) in [4.78, 5) is 82.0. The van der Waals surface area contributed by atoms with Crippen molar-refractivity contribution in [2.24, 2.45) is 11.8 Å². The van der Waals surface area contributed by atoms with Crippen molar-refractivity contribution >= 4 is 35.5 Å². The van der Waals surface area contributed by atoms with Gasteiger partial charge < -0.3 is 40.2 Å². The van der Waals surface area contributed by atoms with Crippen LogP contribution in [0.1, 0.15) is 76.5 Å². The molecule has 0 bridgehead atoms. The van der Waals surface area contributed by atoms with Crippen LogP contribution in [0, 0.1) is 11.8 Å². The van der Waals surface area contributed by atoms with Gasteiger partial charge in [-0.3, -0.25) is 24.0 Å². The van der Waals surface area contributed by atoms with E-state index in [4.69, 9.17) is 14.0 Å². The molecule has 2 heterocycles. The summed E-state index contributed by atoms with van der Waals surface area (Å²) in [5.41, 5.74) is 1.05. The number of aromatic nitrogens is 1. The van der Waals surface area contributed by atoms with Gasteiger partial charge >= 0.3 is 6.09 Å². The molecule has 15 heteroatoms. The second kappa shape index (κ2) is 21.3. The first kappa shape index (κ1) is 45.1. The van der Waals surface area contributed by atoms with Gasteiger partial charge in [-0.25, -0.2) is 4.79 Å². The van der Waals surface area contributed by atoms with Gasteiger partial charge in [0.15, 0.2) is 18.2 Å². The lowest BCUT2D eigenvalue weighted by Gasteiger charge is -2.28. The quantitative estimate of drug-likeness (QED) is 0.109. The second-order valence-corrected chi connectivity index (χ2v) is 16.1. The van der Waals surface area contributed by atoms with Gasteiger partial charge in [0.1, 0.15) is 23.7 Å². The Morgan fingerprint density at radius 2 is 1.29 bits per heavy atom. The Morgan fingerprint density at radius 3 is 1.88 bits per heavy atom. The third-order valence-corrected chi connectivity index (χ3v) is 9.56. The van der Waals surface area contributed by atoms with Crippen molar-refractivity contribution in [2.75, 3.05) is 20.7 Å². The topological polar surface area (TPSA) is 202 Å². The lowest BCUT2D eigenvalue weighted by Crippen LogP contribution is -2.59. The summed E-state index contributed by atoms with van der Waals surface area (Å²) in [6.07, 6.45) is 0.637. The van der Waals surface area contributed by atoms with Gasteiger partial charge in [-0.15, -0.1) is 0 Å². The van der Waals surface area contributed by atoms with Gasteiger partial charge in [-0.1, -0.05) is 93.5 Å². The van der Waals surface area contributed by atoms with E-state index in [9.17, 15) is 28.8 Å². The van der Waals surface area contributed by atoms with Gasteiger partial charge in [0.2, 0.25) is 23.6 Å². The molecule has 5 amide bonds. The highest BCUT2D eigenvalue weighted by atomic mass is 16.6. The van der Waals surface area contributed by atoms with E-state index in [0.29, 0.717) is 12.8 Å². The van der Waals surface area contributed by atoms with E-state index in [1.54, 1.807) is 21.0 Å². The number of nitrogens with one attached hydrogen (secondary N) is 4. The molecule has 2 aromatic carbocycles. The maximum absolute atomic E-state index is 14.2. The predicted octanol–water partition coefficient (Wildman–Crippen LogP) is 3.68. The van der Waals surface area contributed by atoms with Crippen LogP contribution in [0.2, 0.25) is 0 Å². The Balaban J connectivity index is 1.51. The standard InChI is InChI=1S/C43H58N6O9/c1-27(2)20-34(38(51)43(5)26-57-43)45-41(54)36(22-30-16-12-9-13-17-30)47-40(53)35(21-28(3)4)46-39(52)33(19-18-29-14-10-8-11-15-29)44-37(50)24-31-23-32(58-48-31)25-56-42(55)49(6)7/h8-17,23,27-28,33-36H,18-22,24-26H2,1-7H3,(H,44,50)(H,45,54)(H,46,52)(H,47,53). The fourth-order valence-corrected chi connectivity index (χ4v) is 6.30. The number of benzene rings is 2. The minimum absolute atomic E-state index is 0.0412. The summed E-state index contributed by atoms with van der Waals surface area (Å²) < 4.78 is 15.7. The molecule has 4 rings (SSSR count). The second-order valence-electron chi connectivity index (χ2n) is 16.1. The molecule has 0 radical (unpaired) electrons. The maximum Gasteiger partial charge on any atom is 0.409 e. The molecule has 1 aromatic heterocycles. The van der Waals surface area contributed by atoms with E-state index in [1.165, 1.54) is 11.0 Å². The van der Waals surface area contributed by atoms with Crippen molar-refractivity contribution in [1.29, 1.82) is 0 Å². The van der Waals surface area contributed by atoms with Crippen molar-refractivity contribution in [2.45, 2.75) is 110 Å². The van der Waals surface area contributed by atoms with Crippen molar-refractivity contribution in [1.82, 2.24) is 31.3 Å². The van der Waals surface area contributed by atoms with Crippen LogP contribution in [0.25, 0.3) is 0 Å². The lowest BCUT2D eigenvalue weighted by atomic mass is 9.93. The molecule has 4 N–H and O–H groups in total. The molecule has 314 valence electrons. The molecule has 1 aliphatic heterocycles. The first-order chi connectivity index (χ1) is 27.5. The summed E-state index contributed by atoms with van der Waals surface area (Å²) in [5.74, 6) is -2.14. The van der Waals surface area contributed by atoms with Crippen LogP contribution in [-0.4, -0.2) is 96.0 Å². The number of ketones is 1. The number of hydrogen-bond donors (Lipinski definition) is 4. The molecule has 0 aliphatic carbocycles. The van der Waals surface area contributed by atoms with E-state index in [1.807, 2.05) is 88.4 Å². The molecular formula is C43H58N6O9. The van der Waals surface area contributed by atoms with Gasteiger partial charge in [-0.05, 0) is 55.6 Å². The highest BCUT2D eigenvalue weighted by Crippen LogP contribution is 2.29. The molecule has 3 aromatic rings. The van der Waals surface area contributed by atoms with Crippen molar-refractivity contribution in [3.63, 3.8) is 0 Å². The Hall–Kier alpha value is -5.57. The fourth-order valence-electron chi connectivity index (χ4n) is 6.30. The van der Waals surface area contributed by atoms with Gasteiger partial charge in [0, 0.05) is 26.6 Å². The minimum atomic E-state index is -1.08. The van der Waals surface area contributed by atoms with E-state index >= 15 is 0 Å². The predicted molar refractivity (Wildman–Crippen MR) is 215 cm³/mol. The van der Waals surface area contributed by atoms with E-state index < -0.39 is 59.5 Å². The Kier molecular flexibility index (Phi) is 16.5. The number of ether oxygens (including phenoxy) is 2. The monoisotopic (exact) mass is 802 g/mol. The normalized spacial score (nSPS) is 16.7. The summed E-state index contributed by atoms with van der Waals surface area (Å²) >= 11 is 0. The zero-order valence-corrected chi connectivity index (χ0v) is 34.5. The first-order valence-corrected chi connectivity index (χ1v) is 19.8. The smallest absolute Gasteiger partial charge is 0.409 e. The van der Waals surface area contributed by atoms with Gasteiger partial charge in [-0.2, -0.15) is 0 Å². The Morgan fingerprint density at radius 1 is 0.759 bits per heavy atom. The molecule has 0 spiro atoms. The molecule has 15 nitrogen and oxygen atoms in total. The van der Waals surface area contributed by atoms with Crippen LogP contribution < -0.4 is 21.3 Å². The SMILES string of the molecule is CC(C)CC(NC(=O)C(CCc1ccccc1)NC(=O)Cc1cc(COC(=O)N(C)C)on1)C(=O)NC(Cc1ccccc1)C(=O)NC(CC(C)C)C(=O)C1(C)CO1. The third kappa shape index (κ3) is 14.4. The number of aryl methyl sites for hydroxylation is 1. The highest BCUT2D eigenvalue weighted by molar-refractivity contribution is 5.98. The van der Waals surface area contributed by atoms with Crippen molar-refractivity contribution in [3.05, 3.63) is 89.3 Å². The number of Topliss-reactive ketones (excluding diaryl/α,β-unsaturated/α-hetero) is 1. The van der Waals surface area contributed by atoms with Crippen LogP contribution in [0.5, 0.6) is 0 Å². The number of carbonyl (C=O) groups is 6. The van der Waals surface area contributed by atoms with Crippen LogP contribution in [0.4, 0.5) is 4.79 Å². The average Bonchev–Trinajstić information content (AvgIpc) is 3.78. The number of hydrogen-bond acceptors (Lipinski definition) is 10.